The smallest absolute Gasteiger partial charge is 0.261 e. The molecule has 0 radical (unpaired) electrons. The molecule has 0 aromatic carbocycles. The summed E-state index contributed by atoms with van der Waals surface area (Å²) in [6, 6.07) is 2.16. The number of thiophene rings is 1. The molecule has 1 fully saturated rings. The molecular weight excluding hydrogens is 258 g/mol. The van der Waals surface area contributed by atoms with Crippen LogP contribution in [0, 0.1) is 5.92 Å². The lowest BCUT2D eigenvalue weighted by atomic mass is 9.95. The van der Waals surface area contributed by atoms with E-state index >= 15 is 0 Å². The van der Waals surface area contributed by atoms with E-state index in [1.165, 1.54) is 17.8 Å². The van der Waals surface area contributed by atoms with Gasteiger partial charge in [-0.25, -0.2) is 0 Å². The van der Waals surface area contributed by atoms with Gasteiger partial charge in [0.1, 0.15) is 0 Å². The highest BCUT2D eigenvalue weighted by Crippen LogP contribution is 2.24. The SMILES string of the molecule is CCc1ccsc1C(=O)NC1CCCCCC1CO. The molecule has 1 amide bonds. The van der Waals surface area contributed by atoms with Crippen LogP contribution in [0.15, 0.2) is 11.4 Å². The van der Waals surface area contributed by atoms with Gasteiger partial charge in [0.2, 0.25) is 0 Å². The van der Waals surface area contributed by atoms with E-state index in [0.29, 0.717) is 0 Å². The molecule has 106 valence electrons. The molecule has 2 unspecified atom stereocenters. The lowest BCUT2D eigenvalue weighted by molar-refractivity contribution is 0.0903. The number of hydrogen-bond donors (Lipinski definition) is 2. The van der Waals surface area contributed by atoms with Crippen LogP contribution in [0.2, 0.25) is 0 Å². The van der Waals surface area contributed by atoms with Gasteiger partial charge in [-0.05, 0) is 36.3 Å². The van der Waals surface area contributed by atoms with Gasteiger partial charge in [-0.3, -0.25) is 4.79 Å². The first-order valence-electron chi connectivity index (χ1n) is 7.24. The summed E-state index contributed by atoms with van der Waals surface area (Å²) < 4.78 is 0. The van der Waals surface area contributed by atoms with E-state index in [4.69, 9.17) is 0 Å². The van der Waals surface area contributed by atoms with Gasteiger partial charge >= 0.3 is 0 Å². The number of aliphatic hydroxyl groups excluding tert-OH is 1. The van der Waals surface area contributed by atoms with E-state index in [1.54, 1.807) is 0 Å². The van der Waals surface area contributed by atoms with E-state index in [-0.39, 0.29) is 24.5 Å². The molecule has 1 aromatic rings. The zero-order valence-corrected chi connectivity index (χ0v) is 12.3. The van der Waals surface area contributed by atoms with Crippen molar-refractivity contribution in [3.05, 3.63) is 21.9 Å². The minimum Gasteiger partial charge on any atom is -0.396 e. The van der Waals surface area contributed by atoms with Gasteiger partial charge in [-0.2, -0.15) is 0 Å². The first-order chi connectivity index (χ1) is 9.26. The largest absolute Gasteiger partial charge is 0.396 e. The number of hydrogen-bond acceptors (Lipinski definition) is 3. The van der Waals surface area contributed by atoms with Gasteiger partial charge in [0, 0.05) is 18.6 Å². The molecule has 0 spiro atoms. The summed E-state index contributed by atoms with van der Waals surface area (Å²) in [5, 5.41) is 14.6. The highest BCUT2D eigenvalue weighted by atomic mass is 32.1. The Balaban J connectivity index is 2.04. The number of amides is 1. The molecule has 1 saturated carbocycles. The monoisotopic (exact) mass is 281 g/mol. The summed E-state index contributed by atoms with van der Waals surface area (Å²) in [5.74, 6) is 0.258. The van der Waals surface area contributed by atoms with Crippen molar-refractivity contribution in [2.45, 2.75) is 51.5 Å². The van der Waals surface area contributed by atoms with Crippen LogP contribution in [0.5, 0.6) is 0 Å². The molecule has 19 heavy (non-hydrogen) atoms. The van der Waals surface area contributed by atoms with Crippen LogP contribution in [0.1, 0.15) is 54.3 Å². The Kier molecular flexibility index (Phi) is 5.40. The number of carbonyl (C=O) groups excluding carboxylic acids is 1. The second-order valence-corrected chi connectivity index (χ2v) is 6.21. The molecule has 1 heterocycles. The minimum absolute atomic E-state index is 0.0391. The highest BCUT2D eigenvalue weighted by Gasteiger charge is 2.25. The van der Waals surface area contributed by atoms with Crippen molar-refractivity contribution >= 4 is 17.2 Å². The topological polar surface area (TPSA) is 49.3 Å². The summed E-state index contributed by atoms with van der Waals surface area (Å²) >= 11 is 1.51. The van der Waals surface area contributed by atoms with Gasteiger partial charge in [-0.15, -0.1) is 11.3 Å². The number of nitrogens with one attached hydrogen (secondary N) is 1. The summed E-state index contributed by atoms with van der Waals surface area (Å²) in [7, 11) is 0. The molecule has 1 aromatic heterocycles. The van der Waals surface area contributed by atoms with Gasteiger partial charge in [0.25, 0.3) is 5.91 Å². The Morgan fingerprint density at radius 2 is 2.21 bits per heavy atom. The average Bonchev–Trinajstić information content (AvgIpc) is 2.79. The standard InChI is InChI=1S/C15H23NO2S/c1-2-11-8-9-19-14(11)15(18)16-13-7-5-3-4-6-12(13)10-17/h8-9,12-13,17H,2-7,10H2,1H3,(H,16,18). The number of aryl methyl sites for hydroxylation is 1. The Morgan fingerprint density at radius 1 is 1.42 bits per heavy atom. The zero-order valence-electron chi connectivity index (χ0n) is 11.5. The lowest BCUT2D eigenvalue weighted by Gasteiger charge is -2.24. The Hall–Kier alpha value is -0.870. The molecule has 2 N–H and O–H groups in total. The third-order valence-electron chi connectivity index (χ3n) is 4.04. The van der Waals surface area contributed by atoms with Crippen LogP contribution in [0.4, 0.5) is 0 Å². The maximum Gasteiger partial charge on any atom is 0.261 e. The molecule has 1 aliphatic carbocycles. The van der Waals surface area contributed by atoms with Crippen molar-refractivity contribution in [2.75, 3.05) is 6.61 Å². The van der Waals surface area contributed by atoms with Crippen molar-refractivity contribution in [1.82, 2.24) is 5.32 Å². The fourth-order valence-electron chi connectivity index (χ4n) is 2.84. The Morgan fingerprint density at radius 3 is 2.95 bits per heavy atom. The van der Waals surface area contributed by atoms with Gasteiger partial charge in [-0.1, -0.05) is 26.2 Å². The lowest BCUT2D eigenvalue weighted by Crippen LogP contribution is -2.41. The Labute approximate surface area is 119 Å². The van der Waals surface area contributed by atoms with Crippen molar-refractivity contribution in [3.8, 4) is 0 Å². The molecule has 0 bridgehead atoms. The fourth-order valence-corrected chi connectivity index (χ4v) is 3.74. The van der Waals surface area contributed by atoms with Crippen molar-refractivity contribution < 1.29 is 9.90 Å². The molecular formula is C15H23NO2S. The molecule has 4 heteroatoms. The maximum absolute atomic E-state index is 12.3. The molecule has 0 saturated heterocycles. The summed E-state index contributed by atoms with van der Waals surface area (Å²) in [4.78, 5) is 13.2. The predicted molar refractivity (Wildman–Crippen MR) is 78.6 cm³/mol. The summed E-state index contributed by atoms with van der Waals surface area (Å²) in [5.41, 5.74) is 1.12. The number of rotatable bonds is 4. The van der Waals surface area contributed by atoms with Crippen LogP contribution >= 0.6 is 11.3 Å². The molecule has 2 rings (SSSR count). The first-order valence-corrected chi connectivity index (χ1v) is 8.12. The summed E-state index contributed by atoms with van der Waals surface area (Å²) in [6.45, 7) is 2.25. The van der Waals surface area contributed by atoms with Crippen molar-refractivity contribution in [3.63, 3.8) is 0 Å². The van der Waals surface area contributed by atoms with Crippen LogP contribution in [0.3, 0.4) is 0 Å². The fraction of sp³-hybridized carbons (Fsp3) is 0.667. The third-order valence-corrected chi connectivity index (χ3v) is 5.00. The van der Waals surface area contributed by atoms with Gasteiger partial charge in [0.15, 0.2) is 0 Å². The van der Waals surface area contributed by atoms with E-state index in [1.807, 2.05) is 11.4 Å². The Bertz CT molecular complexity index is 416. The molecule has 2 atom stereocenters. The van der Waals surface area contributed by atoms with E-state index in [0.717, 1.165) is 42.5 Å². The van der Waals surface area contributed by atoms with Crippen molar-refractivity contribution in [1.29, 1.82) is 0 Å². The first kappa shape index (κ1) is 14.5. The van der Waals surface area contributed by atoms with E-state index in [9.17, 15) is 9.90 Å². The minimum atomic E-state index is 0.0391. The van der Waals surface area contributed by atoms with Crippen LogP contribution in [-0.2, 0) is 6.42 Å². The number of aliphatic hydroxyl groups is 1. The predicted octanol–water partition coefficient (Wildman–Crippen LogP) is 2.98. The average molecular weight is 281 g/mol. The van der Waals surface area contributed by atoms with Crippen LogP contribution < -0.4 is 5.32 Å². The van der Waals surface area contributed by atoms with Crippen molar-refractivity contribution in [2.24, 2.45) is 5.92 Å². The highest BCUT2D eigenvalue weighted by molar-refractivity contribution is 7.12. The van der Waals surface area contributed by atoms with Gasteiger partial charge < -0.3 is 10.4 Å². The second-order valence-electron chi connectivity index (χ2n) is 5.29. The van der Waals surface area contributed by atoms with E-state index in [2.05, 4.69) is 12.2 Å². The van der Waals surface area contributed by atoms with E-state index < -0.39 is 0 Å². The molecule has 1 aliphatic rings. The number of carbonyl (C=O) groups is 1. The molecule has 3 nitrogen and oxygen atoms in total. The third kappa shape index (κ3) is 3.57. The van der Waals surface area contributed by atoms with Crippen LogP contribution in [0.25, 0.3) is 0 Å². The zero-order chi connectivity index (χ0) is 13.7. The normalized spacial score (nSPS) is 23.9. The van der Waals surface area contributed by atoms with Gasteiger partial charge in [0.05, 0.1) is 4.88 Å². The quantitative estimate of drug-likeness (QED) is 0.834. The molecule has 0 aliphatic heterocycles. The summed E-state index contributed by atoms with van der Waals surface area (Å²) in [6.07, 6.45) is 6.42. The second kappa shape index (κ2) is 7.06. The van der Waals surface area contributed by atoms with Crippen LogP contribution in [-0.4, -0.2) is 23.7 Å². The maximum atomic E-state index is 12.3.